The number of aliphatic hydroxyl groups is 1. The lowest BCUT2D eigenvalue weighted by Crippen LogP contribution is -2.05. The number of aliphatic hydroxyl groups excluding tert-OH is 1. The molecule has 4 heteroatoms. The van der Waals surface area contributed by atoms with E-state index in [1.807, 2.05) is 13.8 Å². The molecule has 0 saturated heterocycles. The van der Waals surface area contributed by atoms with Gasteiger partial charge in [-0.25, -0.2) is 4.39 Å². The summed E-state index contributed by atoms with van der Waals surface area (Å²) in [7, 11) is 1.40. The molecule has 2 rings (SSSR count). The molecule has 2 aromatic rings. The van der Waals surface area contributed by atoms with Crippen molar-refractivity contribution in [2.24, 2.45) is 0 Å². The number of methoxy groups -OCH3 is 1. The van der Waals surface area contributed by atoms with Crippen LogP contribution in [0, 0.1) is 19.7 Å². The van der Waals surface area contributed by atoms with E-state index in [0.29, 0.717) is 5.56 Å². The van der Waals surface area contributed by atoms with Crippen LogP contribution in [0.4, 0.5) is 4.39 Å². The van der Waals surface area contributed by atoms with Crippen LogP contribution in [-0.2, 0) is 0 Å². The zero-order valence-electron chi connectivity index (χ0n) is 11.1. The van der Waals surface area contributed by atoms with E-state index in [1.54, 1.807) is 24.3 Å². The number of hydrogen-bond acceptors (Lipinski definition) is 3. The summed E-state index contributed by atoms with van der Waals surface area (Å²) >= 11 is 0. The normalized spacial score (nSPS) is 12.3. The van der Waals surface area contributed by atoms with Crippen molar-refractivity contribution in [3.63, 3.8) is 0 Å². The molecule has 0 amide bonds. The fourth-order valence-corrected chi connectivity index (χ4v) is 2.10. The van der Waals surface area contributed by atoms with Crippen LogP contribution in [0.5, 0.6) is 5.75 Å². The molecule has 0 radical (unpaired) electrons. The van der Waals surface area contributed by atoms with Gasteiger partial charge in [-0.1, -0.05) is 12.1 Å². The maximum atomic E-state index is 14.1. The van der Waals surface area contributed by atoms with Gasteiger partial charge < -0.3 is 9.84 Å². The smallest absolute Gasteiger partial charge is 0.171 e. The van der Waals surface area contributed by atoms with Crippen molar-refractivity contribution >= 4 is 0 Å². The van der Waals surface area contributed by atoms with Gasteiger partial charge in [-0.15, -0.1) is 0 Å². The largest absolute Gasteiger partial charge is 0.494 e. The fourth-order valence-electron chi connectivity index (χ4n) is 2.10. The van der Waals surface area contributed by atoms with Crippen LogP contribution >= 0.6 is 0 Å². The van der Waals surface area contributed by atoms with Crippen molar-refractivity contribution in [1.29, 1.82) is 0 Å². The zero-order chi connectivity index (χ0) is 14.0. The number of hydrogen-bond donors (Lipinski definition) is 1. The number of benzene rings is 1. The van der Waals surface area contributed by atoms with Crippen LogP contribution in [0.2, 0.25) is 0 Å². The molecular formula is C15H16FNO2. The molecule has 1 unspecified atom stereocenters. The monoisotopic (exact) mass is 261 g/mol. The highest BCUT2D eigenvalue weighted by molar-refractivity contribution is 5.37. The molecule has 0 aliphatic heterocycles. The minimum atomic E-state index is -1.03. The quantitative estimate of drug-likeness (QED) is 0.923. The first-order chi connectivity index (χ1) is 9.02. The molecule has 3 nitrogen and oxygen atoms in total. The van der Waals surface area contributed by atoms with Crippen LogP contribution in [-0.4, -0.2) is 17.2 Å². The van der Waals surface area contributed by atoms with Crippen molar-refractivity contribution in [3.8, 4) is 5.75 Å². The van der Waals surface area contributed by atoms with Crippen molar-refractivity contribution < 1.29 is 14.2 Å². The van der Waals surface area contributed by atoms with E-state index >= 15 is 0 Å². The van der Waals surface area contributed by atoms with Crippen LogP contribution in [0.15, 0.2) is 30.3 Å². The third-order valence-electron chi connectivity index (χ3n) is 2.93. The van der Waals surface area contributed by atoms with E-state index < -0.39 is 11.9 Å². The molecule has 0 bridgehead atoms. The summed E-state index contributed by atoms with van der Waals surface area (Å²) < 4.78 is 19.0. The predicted molar refractivity (Wildman–Crippen MR) is 70.7 cm³/mol. The molecule has 0 spiro atoms. The summed E-state index contributed by atoms with van der Waals surface area (Å²) in [6.45, 7) is 3.68. The lowest BCUT2D eigenvalue weighted by Gasteiger charge is -2.15. The van der Waals surface area contributed by atoms with Crippen LogP contribution in [0.3, 0.4) is 0 Å². The Bertz CT molecular complexity index is 578. The van der Waals surface area contributed by atoms with Gasteiger partial charge in [0, 0.05) is 17.0 Å². The summed E-state index contributed by atoms with van der Waals surface area (Å²) in [6, 6.07) is 8.22. The molecule has 0 aliphatic carbocycles. The molecule has 1 heterocycles. The fraction of sp³-hybridized carbons (Fsp3) is 0.267. The molecular weight excluding hydrogens is 245 g/mol. The van der Waals surface area contributed by atoms with Crippen molar-refractivity contribution in [1.82, 2.24) is 4.98 Å². The Hall–Kier alpha value is -1.94. The summed E-state index contributed by atoms with van der Waals surface area (Å²) in [6.07, 6.45) is -1.03. The van der Waals surface area contributed by atoms with Gasteiger partial charge >= 0.3 is 0 Å². The third-order valence-corrected chi connectivity index (χ3v) is 2.93. The third kappa shape index (κ3) is 2.74. The van der Waals surface area contributed by atoms with E-state index in [-0.39, 0.29) is 11.3 Å². The van der Waals surface area contributed by atoms with Gasteiger partial charge in [0.1, 0.15) is 6.10 Å². The Labute approximate surface area is 111 Å². The summed E-state index contributed by atoms with van der Waals surface area (Å²) in [5.74, 6) is -0.413. The Kier molecular flexibility index (Phi) is 3.81. The predicted octanol–water partition coefficient (Wildman–Crippen LogP) is 2.93. The minimum absolute atomic E-state index is 0.124. The molecule has 0 fully saturated rings. The van der Waals surface area contributed by atoms with Gasteiger partial charge in [0.2, 0.25) is 0 Å². The van der Waals surface area contributed by atoms with Gasteiger partial charge in [0.15, 0.2) is 11.6 Å². The van der Waals surface area contributed by atoms with Crippen molar-refractivity contribution in [2.75, 3.05) is 7.11 Å². The Morgan fingerprint density at radius 1 is 1.21 bits per heavy atom. The van der Waals surface area contributed by atoms with E-state index in [0.717, 1.165) is 11.4 Å². The SMILES string of the molecule is COc1cccc(C(O)c2cc(C)nc(C)c2)c1F. The second-order valence-electron chi connectivity index (χ2n) is 4.45. The van der Waals surface area contributed by atoms with Crippen LogP contribution < -0.4 is 4.74 Å². The highest BCUT2D eigenvalue weighted by Gasteiger charge is 2.18. The first-order valence-electron chi connectivity index (χ1n) is 5.98. The average molecular weight is 261 g/mol. The van der Waals surface area contributed by atoms with Gasteiger partial charge in [0.25, 0.3) is 0 Å². The molecule has 1 aromatic heterocycles. The van der Waals surface area contributed by atoms with Crippen LogP contribution in [0.1, 0.15) is 28.6 Å². The number of aromatic nitrogens is 1. The first-order valence-corrected chi connectivity index (χ1v) is 5.98. The van der Waals surface area contributed by atoms with E-state index in [9.17, 15) is 9.50 Å². The number of rotatable bonds is 3. The van der Waals surface area contributed by atoms with E-state index in [4.69, 9.17) is 4.74 Å². The van der Waals surface area contributed by atoms with Crippen LogP contribution in [0.25, 0.3) is 0 Å². The highest BCUT2D eigenvalue weighted by Crippen LogP contribution is 2.29. The molecule has 0 aliphatic rings. The topological polar surface area (TPSA) is 42.4 Å². The lowest BCUT2D eigenvalue weighted by atomic mass is 10.00. The molecule has 0 saturated carbocycles. The van der Waals surface area contributed by atoms with E-state index in [2.05, 4.69) is 4.98 Å². The summed E-state index contributed by atoms with van der Waals surface area (Å²) in [5.41, 5.74) is 2.40. The van der Waals surface area contributed by atoms with Crippen molar-refractivity contribution in [2.45, 2.75) is 20.0 Å². The maximum Gasteiger partial charge on any atom is 0.171 e. The Balaban J connectivity index is 2.46. The standard InChI is InChI=1S/C15H16FNO2/c1-9-7-11(8-10(2)17-9)15(18)12-5-4-6-13(19-3)14(12)16/h4-8,15,18H,1-3H3. The minimum Gasteiger partial charge on any atom is -0.494 e. The Morgan fingerprint density at radius 3 is 2.42 bits per heavy atom. The highest BCUT2D eigenvalue weighted by atomic mass is 19.1. The number of pyridine rings is 1. The molecule has 1 aromatic carbocycles. The maximum absolute atomic E-state index is 14.1. The molecule has 1 N–H and O–H groups in total. The number of ether oxygens (including phenoxy) is 1. The Morgan fingerprint density at radius 2 is 1.84 bits per heavy atom. The summed E-state index contributed by atoms with van der Waals surface area (Å²) in [5, 5.41) is 10.3. The lowest BCUT2D eigenvalue weighted by molar-refractivity contribution is 0.213. The first kappa shape index (κ1) is 13.5. The van der Waals surface area contributed by atoms with E-state index in [1.165, 1.54) is 13.2 Å². The average Bonchev–Trinajstić information content (AvgIpc) is 2.37. The molecule has 1 atom stereocenters. The van der Waals surface area contributed by atoms with Gasteiger partial charge in [-0.05, 0) is 37.6 Å². The number of aryl methyl sites for hydroxylation is 2. The van der Waals surface area contributed by atoms with Gasteiger partial charge in [-0.3, -0.25) is 4.98 Å². The van der Waals surface area contributed by atoms with Crippen molar-refractivity contribution in [3.05, 3.63) is 58.7 Å². The molecule has 100 valence electrons. The molecule has 19 heavy (non-hydrogen) atoms. The summed E-state index contributed by atoms with van der Waals surface area (Å²) in [4.78, 5) is 4.24. The number of nitrogens with zero attached hydrogens (tertiary/aromatic N) is 1. The van der Waals surface area contributed by atoms with Gasteiger partial charge in [-0.2, -0.15) is 0 Å². The second kappa shape index (κ2) is 5.36. The zero-order valence-corrected chi connectivity index (χ0v) is 11.1. The number of halogens is 1. The van der Waals surface area contributed by atoms with Gasteiger partial charge in [0.05, 0.1) is 7.11 Å². The second-order valence-corrected chi connectivity index (χ2v) is 4.45.